The molecule has 0 aromatic heterocycles. The van der Waals surface area contributed by atoms with Gasteiger partial charge in [0.05, 0.1) is 5.56 Å². The fourth-order valence-electron chi connectivity index (χ4n) is 1.64. The van der Waals surface area contributed by atoms with Crippen LogP contribution in [-0.2, 0) is 5.75 Å². The number of hydrogen-bond acceptors (Lipinski definition) is 3. The van der Waals surface area contributed by atoms with Gasteiger partial charge in [0, 0.05) is 11.4 Å². The van der Waals surface area contributed by atoms with Gasteiger partial charge in [0.15, 0.2) is 0 Å². The molecule has 1 rings (SSSR count). The molecule has 0 spiro atoms. The van der Waals surface area contributed by atoms with E-state index in [4.69, 9.17) is 10.8 Å². The first-order valence-corrected chi connectivity index (χ1v) is 7.00. The molecule has 3 N–H and O–H groups in total. The quantitative estimate of drug-likeness (QED) is 0.577. The highest BCUT2D eigenvalue weighted by atomic mass is 32.2. The Hall–Kier alpha value is -1.16. The lowest BCUT2D eigenvalue weighted by Crippen LogP contribution is -2.06. The molecule has 0 unspecified atom stereocenters. The van der Waals surface area contributed by atoms with Crippen molar-refractivity contribution in [1.29, 1.82) is 0 Å². The first kappa shape index (κ1) is 13.9. The minimum absolute atomic E-state index is 0.260. The Morgan fingerprint density at radius 1 is 1.41 bits per heavy atom. The van der Waals surface area contributed by atoms with Crippen molar-refractivity contribution in [3.8, 4) is 0 Å². The number of unbranched alkanes of at least 4 members (excludes halogenated alkanes) is 2. The number of carbonyl (C=O) groups is 1. The fourth-order valence-corrected chi connectivity index (χ4v) is 2.65. The zero-order valence-corrected chi connectivity index (χ0v) is 10.9. The number of benzene rings is 1. The Balaban J connectivity index is 2.58. The molecule has 0 saturated carbocycles. The highest BCUT2D eigenvalue weighted by Crippen LogP contribution is 2.22. The minimum Gasteiger partial charge on any atom is -0.478 e. The molecule has 1 aromatic carbocycles. The Morgan fingerprint density at radius 3 is 2.82 bits per heavy atom. The van der Waals surface area contributed by atoms with Crippen molar-refractivity contribution in [2.75, 3.05) is 11.5 Å². The third-order valence-electron chi connectivity index (χ3n) is 2.55. The molecule has 0 aliphatic carbocycles. The second-order valence-corrected chi connectivity index (χ2v) is 5.05. The molecule has 0 radical (unpaired) electrons. The van der Waals surface area contributed by atoms with Crippen LogP contribution in [0.4, 0.5) is 5.69 Å². The summed E-state index contributed by atoms with van der Waals surface area (Å²) in [7, 11) is 0. The molecule has 4 heteroatoms. The van der Waals surface area contributed by atoms with Crippen molar-refractivity contribution in [2.24, 2.45) is 0 Å². The van der Waals surface area contributed by atoms with E-state index in [-0.39, 0.29) is 5.56 Å². The van der Waals surface area contributed by atoms with Gasteiger partial charge in [0.25, 0.3) is 0 Å². The van der Waals surface area contributed by atoms with Gasteiger partial charge in [0.1, 0.15) is 0 Å². The van der Waals surface area contributed by atoms with Crippen LogP contribution in [0.15, 0.2) is 18.2 Å². The van der Waals surface area contributed by atoms with Crippen molar-refractivity contribution in [1.82, 2.24) is 0 Å². The van der Waals surface area contributed by atoms with Crippen LogP contribution in [0.1, 0.15) is 42.1 Å². The molecule has 0 aliphatic heterocycles. The summed E-state index contributed by atoms with van der Waals surface area (Å²) in [6.07, 6.45) is 3.63. The molecule has 1 aromatic rings. The van der Waals surface area contributed by atoms with Crippen LogP contribution in [0.25, 0.3) is 0 Å². The summed E-state index contributed by atoms with van der Waals surface area (Å²) in [5.41, 5.74) is 7.11. The van der Waals surface area contributed by atoms with E-state index in [1.807, 2.05) is 12.1 Å². The summed E-state index contributed by atoms with van der Waals surface area (Å²) >= 11 is 1.77. The van der Waals surface area contributed by atoms with Gasteiger partial charge in [0.2, 0.25) is 0 Å². The standard InChI is InChI=1S/C13H19NO2S/c1-2-3-4-8-17-9-10-6-5-7-11(14)12(10)13(15)16/h5-7H,2-4,8-9,14H2,1H3,(H,15,16). The number of aromatic carboxylic acids is 1. The third kappa shape index (κ3) is 4.30. The number of nitrogen functional groups attached to an aromatic ring is 1. The van der Waals surface area contributed by atoms with Crippen LogP contribution in [0.3, 0.4) is 0 Å². The van der Waals surface area contributed by atoms with Crippen LogP contribution in [0.5, 0.6) is 0 Å². The number of thioether (sulfide) groups is 1. The van der Waals surface area contributed by atoms with Gasteiger partial charge in [-0.05, 0) is 23.8 Å². The minimum atomic E-state index is -0.938. The fraction of sp³-hybridized carbons (Fsp3) is 0.462. The largest absolute Gasteiger partial charge is 0.478 e. The maximum atomic E-state index is 11.1. The molecular weight excluding hydrogens is 234 g/mol. The van der Waals surface area contributed by atoms with E-state index in [1.165, 1.54) is 19.3 Å². The molecule has 94 valence electrons. The number of hydrogen-bond donors (Lipinski definition) is 2. The molecule has 0 heterocycles. The average molecular weight is 253 g/mol. The summed E-state index contributed by atoms with van der Waals surface area (Å²) in [5, 5.41) is 9.10. The number of anilines is 1. The van der Waals surface area contributed by atoms with Crippen molar-refractivity contribution >= 4 is 23.4 Å². The monoisotopic (exact) mass is 253 g/mol. The predicted molar refractivity (Wildman–Crippen MR) is 73.5 cm³/mol. The molecular formula is C13H19NO2S. The summed E-state index contributed by atoms with van der Waals surface area (Å²) < 4.78 is 0. The summed E-state index contributed by atoms with van der Waals surface area (Å²) in [5.74, 6) is 0.852. The van der Waals surface area contributed by atoms with E-state index in [9.17, 15) is 4.79 Å². The van der Waals surface area contributed by atoms with Crippen LogP contribution in [0, 0.1) is 0 Å². The first-order chi connectivity index (χ1) is 8.16. The van der Waals surface area contributed by atoms with Gasteiger partial charge < -0.3 is 10.8 Å². The molecule has 0 atom stereocenters. The SMILES string of the molecule is CCCCCSCc1cccc(N)c1C(=O)O. The molecule has 0 bridgehead atoms. The van der Waals surface area contributed by atoms with Gasteiger partial charge in [-0.2, -0.15) is 11.8 Å². The van der Waals surface area contributed by atoms with Crippen molar-refractivity contribution in [3.05, 3.63) is 29.3 Å². The number of rotatable bonds is 7. The van der Waals surface area contributed by atoms with Crippen LogP contribution in [0.2, 0.25) is 0 Å². The van der Waals surface area contributed by atoms with Gasteiger partial charge in [-0.15, -0.1) is 0 Å². The number of nitrogens with two attached hydrogens (primary N) is 1. The Morgan fingerprint density at radius 2 is 2.18 bits per heavy atom. The average Bonchev–Trinajstić information content (AvgIpc) is 2.28. The Bertz CT molecular complexity index is 380. The second kappa shape index (κ2) is 7.22. The third-order valence-corrected chi connectivity index (χ3v) is 3.64. The van der Waals surface area contributed by atoms with E-state index >= 15 is 0 Å². The smallest absolute Gasteiger partial charge is 0.338 e. The summed E-state index contributed by atoms with van der Waals surface area (Å²) in [4.78, 5) is 11.1. The zero-order chi connectivity index (χ0) is 12.7. The van der Waals surface area contributed by atoms with Gasteiger partial charge in [-0.1, -0.05) is 31.9 Å². The Labute approximate surface area is 106 Å². The molecule has 0 amide bonds. The number of carboxylic acids is 1. The van der Waals surface area contributed by atoms with E-state index in [0.717, 1.165) is 17.1 Å². The van der Waals surface area contributed by atoms with Crippen LogP contribution < -0.4 is 5.73 Å². The lowest BCUT2D eigenvalue weighted by molar-refractivity contribution is 0.0697. The predicted octanol–water partition coefficient (Wildman–Crippen LogP) is 3.39. The molecule has 3 nitrogen and oxygen atoms in total. The van der Waals surface area contributed by atoms with Gasteiger partial charge in [-0.3, -0.25) is 0 Å². The molecule has 0 saturated heterocycles. The lowest BCUT2D eigenvalue weighted by Gasteiger charge is -2.08. The lowest BCUT2D eigenvalue weighted by atomic mass is 10.1. The maximum absolute atomic E-state index is 11.1. The zero-order valence-electron chi connectivity index (χ0n) is 10.1. The topological polar surface area (TPSA) is 63.3 Å². The van der Waals surface area contributed by atoms with E-state index in [2.05, 4.69) is 6.92 Å². The van der Waals surface area contributed by atoms with E-state index in [1.54, 1.807) is 17.8 Å². The highest BCUT2D eigenvalue weighted by Gasteiger charge is 2.12. The highest BCUT2D eigenvalue weighted by molar-refractivity contribution is 7.98. The van der Waals surface area contributed by atoms with E-state index in [0.29, 0.717) is 5.69 Å². The molecule has 0 aliphatic rings. The molecule has 0 fully saturated rings. The number of carboxylic acid groups (broad SMARTS) is 1. The van der Waals surface area contributed by atoms with Gasteiger partial charge >= 0.3 is 5.97 Å². The van der Waals surface area contributed by atoms with E-state index < -0.39 is 5.97 Å². The summed E-state index contributed by atoms with van der Waals surface area (Å²) in [6, 6.07) is 5.28. The van der Waals surface area contributed by atoms with Gasteiger partial charge in [-0.25, -0.2) is 4.79 Å². The van der Waals surface area contributed by atoms with Crippen LogP contribution >= 0.6 is 11.8 Å². The first-order valence-electron chi connectivity index (χ1n) is 5.85. The Kier molecular flexibility index (Phi) is 5.91. The van der Waals surface area contributed by atoms with Crippen molar-refractivity contribution in [3.63, 3.8) is 0 Å². The maximum Gasteiger partial charge on any atom is 0.338 e. The normalized spacial score (nSPS) is 10.4. The summed E-state index contributed by atoms with van der Waals surface area (Å²) in [6.45, 7) is 2.17. The second-order valence-electron chi connectivity index (χ2n) is 3.95. The molecule has 17 heavy (non-hydrogen) atoms. The van der Waals surface area contributed by atoms with Crippen molar-refractivity contribution in [2.45, 2.75) is 31.9 Å². The van der Waals surface area contributed by atoms with Crippen LogP contribution in [-0.4, -0.2) is 16.8 Å². The van der Waals surface area contributed by atoms with Crippen molar-refractivity contribution < 1.29 is 9.90 Å².